The number of hydrogen-bond acceptors (Lipinski definition) is 6. The molecule has 2 unspecified atom stereocenters. The van der Waals surface area contributed by atoms with Gasteiger partial charge in [0.15, 0.2) is 5.58 Å². The van der Waals surface area contributed by atoms with Crippen LogP contribution in [0.4, 0.5) is 0 Å². The molecule has 1 saturated heterocycles. The fraction of sp³-hybridized carbons (Fsp3) is 0.500. The Bertz CT molecular complexity index is 1250. The molecule has 2 aliphatic rings. The molecule has 8 nitrogen and oxygen atoms in total. The molecule has 3 aromatic rings. The largest absolute Gasteiger partial charge is 0.434 e. The third-order valence-electron chi connectivity index (χ3n) is 8.52. The molecule has 1 aliphatic heterocycles. The van der Waals surface area contributed by atoms with Crippen LogP contribution in [0.25, 0.3) is 11.1 Å². The van der Waals surface area contributed by atoms with Gasteiger partial charge < -0.3 is 20.4 Å². The van der Waals surface area contributed by atoms with Crippen LogP contribution in [-0.4, -0.2) is 48.8 Å². The van der Waals surface area contributed by atoms with Gasteiger partial charge in [-0.3, -0.25) is 14.4 Å². The number of benzene rings is 2. The van der Waals surface area contributed by atoms with Gasteiger partial charge in [0, 0.05) is 19.0 Å². The van der Waals surface area contributed by atoms with Gasteiger partial charge in [0.25, 0.3) is 5.89 Å². The van der Waals surface area contributed by atoms with Crippen molar-refractivity contribution in [3.8, 4) is 0 Å². The van der Waals surface area contributed by atoms with Crippen molar-refractivity contribution in [2.45, 2.75) is 57.3 Å². The standard InChI is InChI=1S/C32H40N4O4/c37-29(32-36-27-13-7-8-14-28(27)40-32)25(22-9-3-1-4-10-22)17-20-34-31(39)26(23-11-5-2-6-12-23)21-35-30(38)24-15-18-33-19-16-24/h1,3-4,7-10,13-14,23-26,33H,2,5-6,11-12,15-21H2,(H,34,39)(H,35,38). The molecule has 0 spiro atoms. The fourth-order valence-electron chi connectivity index (χ4n) is 6.18. The van der Waals surface area contributed by atoms with E-state index in [2.05, 4.69) is 20.9 Å². The SMILES string of the molecule is O=C(NCC(C(=O)NCCC(C(=O)c1nc2ccccc2o1)c1ccccc1)C1CCCCC1)C1CCNCC1. The fourth-order valence-corrected chi connectivity index (χ4v) is 6.18. The zero-order chi connectivity index (χ0) is 27.7. The number of para-hydroxylation sites is 2. The molecule has 0 radical (unpaired) electrons. The lowest BCUT2D eigenvalue weighted by Gasteiger charge is -2.30. The van der Waals surface area contributed by atoms with Gasteiger partial charge in [-0.1, -0.05) is 61.7 Å². The molecule has 1 aromatic heterocycles. The van der Waals surface area contributed by atoms with E-state index >= 15 is 0 Å². The van der Waals surface area contributed by atoms with Crippen molar-refractivity contribution in [1.82, 2.24) is 20.9 Å². The Labute approximate surface area is 235 Å². The predicted octanol–water partition coefficient (Wildman–Crippen LogP) is 4.61. The Morgan fingerprint density at radius 3 is 2.38 bits per heavy atom. The van der Waals surface area contributed by atoms with Crippen LogP contribution in [0.5, 0.6) is 0 Å². The third kappa shape index (κ3) is 6.97. The van der Waals surface area contributed by atoms with E-state index in [1.54, 1.807) is 6.07 Å². The van der Waals surface area contributed by atoms with Gasteiger partial charge in [-0.2, -0.15) is 0 Å². The lowest BCUT2D eigenvalue weighted by Crippen LogP contribution is -2.46. The van der Waals surface area contributed by atoms with E-state index in [-0.39, 0.29) is 41.2 Å². The smallest absolute Gasteiger partial charge is 0.264 e. The minimum atomic E-state index is -0.498. The summed E-state index contributed by atoms with van der Waals surface area (Å²) < 4.78 is 5.79. The lowest BCUT2D eigenvalue weighted by molar-refractivity contribution is -0.129. The molecule has 3 N–H and O–H groups in total. The second-order valence-corrected chi connectivity index (χ2v) is 11.2. The van der Waals surface area contributed by atoms with Crippen LogP contribution in [0.15, 0.2) is 59.0 Å². The van der Waals surface area contributed by atoms with Gasteiger partial charge in [0.05, 0.1) is 11.8 Å². The van der Waals surface area contributed by atoms with E-state index in [0.29, 0.717) is 30.6 Å². The Balaban J connectivity index is 1.24. The van der Waals surface area contributed by atoms with Gasteiger partial charge in [-0.15, -0.1) is 0 Å². The predicted molar refractivity (Wildman–Crippen MR) is 154 cm³/mol. The number of ketones is 1. The lowest BCUT2D eigenvalue weighted by atomic mass is 9.79. The number of fused-ring (bicyclic) bond motifs is 1. The highest BCUT2D eigenvalue weighted by atomic mass is 16.4. The Hall–Kier alpha value is -3.52. The van der Waals surface area contributed by atoms with Gasteiger partial charge in [0.1, 0.15) is 5.52 Å². The summed E-state index contributed by atoms with van der Waals surface area (Å²) in [5, 5.41) is 9.51. The summed E-state index contributed by atoms with van der Waals surface area (Å²) in [6.45, 7) is 2.42. The summed E-state index contributed by atoms with van der Waals surface area (Å²) in [5.41, 5.74) is 2.09. The van der Waals surface area contributed by atoms with Gasteiger partial charge >= 0.3 is 0 Å². The van der Waals surface area contributed by atoms with Crippen molar-refractivity contribution in [2.24, 2.45) is 17.8 Å². The average molecular weight is 545 g/mol. The number of piperidine rings is 1. The summed E-state index contributed by atoms with van der Waals surface area (Å²) in [5.74, 6) is -0.594. The minimum Gasteiger partial charge on any atom is -0.434 e. The van der Waals surface area contributed by atoms with Crippen LogP contribution in [0.2, 0.25) is 0 Å². The first-order valence-electron chi connectivity index (χ1n) is 14.8. The molecule has 2 aromatic carbocycles. The van der Waals surface area contributed by atoms with Crippen LogP contribution >= 0.6 is 0 Å². The maximum absolute atomic E-state index is 13.6. The monoisotopic (exact) mass is 544 g/mol. The molecule has 2 heterocycles. The molecular weight excluding hydrogens is 504 g/mol. The maximum Gasteiger partial charge on any atom is 0.264 e. The second-order valence-electron chi connectivity index (χ2n) is 11.2. The van der Waals surface area contributed by atoms with E-state index < -0.39 is 5.92 Å². The van der Waals surface area contributed by atoms with Gasteiger partial charge in [-0.05, 0) is 68.8 Å². The summed E-state index contributed by atoms with van der Waals surface area (Å²) in [6, 6.07) is 16.9. The summed E-state index contributed by atoms with van der Waals surface area (Å²) >= 11 is 0. The number of carbonyl (C=O) groups excluding carboxylic acids is 3. The minimum absolute atomic E-state index is 0.0146. The number of nitrogens with zero attached hydrogens (tertiary/aromatic N) is 1. The van der Waals surface area contributed by atoms with Crippen molar-refractivity contribution >= 4 is 28.7 Å². The zero-order valence-electron chi connectivity index (χ0n) is 23.1. The highest BCUT2D eigenvalue weighted by Gasteiger charge is 2.32. The Morgan fingerprint density at radius 1 is 0.900 bits per heavy atom. The van der Waals surface area contributed by atoms with E-state index in [1.807, 2.05) is 48.5 Å². The highest BCUT2D eigenvalue weighted by molar-refractivity contribution is 5.99. The molecule has 2 atom stereocenters. The van der Waals surface area contributed by atoms with Crippen molar-refractivity contribution < 1.29 is 18.8 Å². The number of aromatic nitrogens is 1. The number of amides is 2. The van der Waals surface area contributed by atoms with Crippen LogP contribution in [0, 0.1) is 17.8 Å². The molecule has 2 fully saturated rings. The van der Waals surface area contributed by atoms with E-state index in [4.69, 9.17) is 4.42 Å². The van der Waals surface area contributed by atoms with E-state index in [1.165, 1.54) is 6.42 Å². The van der Waals surface area contributed by atoms with Gasteiger partial charge in [0.2, 0.25) is 17.6 Å². The molecule has 8 heteroatoms. The van der Waals surface area contributed by atoms with Crippen molar-refractivity contribution in [2.75, 3.05) is 26.2 Å². The van der Waals surface area contributed by atoms with Crippen LogP contribution in [0.3, 0.4) is 0 Å². The number of rotatable bonds is 11. The summed E-state index contributed by atoms with van der Waals surface area (Å²) in [6.07, 6.45) is 7.53. The number of nitrogens with one attached hydrogen (secondary N) is 3. The highest BCUT2D eigenvalue weighted by Crippen LogP contribution is 2.31. The molecule has 212 valence electrons. The van der Waals surface area contributed by atoms with Gasteiger partial charge in [-0.25, -0.2) is 4.98 Å². The van der Waals surface area contributed by atoms with Crippen molar-refractivity contribution in [3.63, 3.8) is 0 Å². The van der Waals surface area contributed by atoms with E-state index in [9.17, 15) is 14.4 Å². The normalized spacial score (nSPS) is 18.2. The van der Waals surface area contributed by atoms with Crippen LogP contribution in [-0.2, 0) is 9.59 Å². The third-order valence-corrected chi connectivity index (χ3v) is 8.52. The first kappa shape index (κ1) is 28.0. The van der Waals surface area contributed by atoms with E-state index in [0.717, 1.165) is 57.2 Å². The number of hydrogen-bond donors (Lipinski definition) is 3. The van der Waals surface area contributed by atoms with Crippen LogP contribution < -0.4 is 16.0 Å². The zero-order valence-corrected chi connectivity index (χ0v) is 23.1. The molecule has 5 rings (SSSR count). The molecule has 2 amide bonds. The Kier molecular flexibility index (Phi) is 9.60. The summed E-state index contributed by atoms with van der Waals surface area (Å²) in [4.78, 5) is 44.3. The topological polar surface area (TPSA) is 113 Å². The number of oxazole rings is 1. The average Bonchev–Trinajstić information content (AvgIpc) is 3.45. The molecule has 40 heavy (non-hydrogen) atoms. The summed E-state index contributed by atoms with van der Waals surface area (Å²) in [7, 11) is 0. The quantitative estimate of drug-likeness (QED) is 0.304. The first-order valence-corrected chi connectivity index (χ1v) is 14.8. The molecule has 1 saturated carbocycles. The molecule has 1 aliphatic carbocycles. The Morgan fingerprint density at radius 2 is 1.62 bits per heavy atom. The van der Waals surface area contributed by atoms with Crippen molar-refractivity contribution in [1.29, 1.82) is 0 Å². The number of carbonyl (C=O) groups is 3. The second kappa shape index (κ2) is 13.7. The number of Topliss-reactive ketones (excluding diaryl/α,β-unsaturated/α-hetero) is 1. The maximum atomic E-state index is 13.6. The van der Waals surface area contributed by atoms with Crippen LogP contribution in [0.1, 0.15) is 73.5 Å². The van der Waals surface area contributed by atoms with Crippen molar-refractivity contribution in [3.05, 3.63) is 66.1 Å². The first-order chi connectivity index (χ1) is 19.6. The molecular formula is C32H40N4O4. The molecule has 0 bridgehead atoms.